The lowest BCUT2D eigenvalue weighted by atomic mass is 10.2. The molecule has 3 aromatic heterocycles. The third kappa shape index (κ3) is 4.90. The van der Waals surface area contributed by atoms with Gasteiger partial charge in [0.1, 0.15) is 5.82 Å². The molecule has 1 saturated heterocycles. The van der Waals surface area contributed by atoms with Crippen molar-refractivity contribution >= 4 is 28.5 Å². The molecular formula is C24H28F2N8O. The molecule has 0 bridgehead atoms. The van der Waals surface area contributed by atoms with E-state index in [4.69, 9.17) is 4.74 Å². The summed E-state index contributed by atoms with van der Waals surface area (Å²) in [4.78, 5) is 16.3. The van der Waals surface area contributed by atoms with Crippen molar-refractivity contribution in [1.82, 2.24) is 30.0 Å². The molecule has 3 N–H and O–H groups in total. The van der Waals surface area contributed by atoms with Gasteiger partial charge < -0.3 is 24.8 Å². The highest BCUT2D eigenvalue weighted by molar-refractivity contribution is 5.83. The molecule has 0 aliphatic carbocycles. The lowest BCUT2D eigenvalue weighted by molar-refractivity contribution is 0.312. The van der Waals surface area contributed by atoms with Crippen LogP contribution in [0.4, 0.5) is 26.4 Å². The number of fused-ring (bicyclic) bond motifs is 1. The van der Waals surface area contributed by atoms with Crippen molar-refractivity contribution in [2.75, 3.05) is 43.4 Å². The number of likely N-dealkylation sites (N-methyl/N-ethyl adjacent to an activating group) is 1. The quantitative estimate of drug-likeness (QED) is 0.357. The number of aryl methyl sites for hydroxylation is 2. The van der Waals surface area contributed by atoms with Crippen molar-refractivity contribution in [2.45, 2.75) is 26.7 Å². The number of halogens is 2. The molecule has 0 radical (unpaired) electrons. The first-order valence-corrected chi connectivity index (χ1v) is 11.7. The maximum atomic E-state index is 15.2. The second kappa shape index (κ2) is 9.49. The van der Waals surface area contributed by atoms with Gasteiger partial charge in [0, 0.05) is 61.2 Å². The number of rotatable bonds is 7. The van der Waals surface area contributed by atoms with Crippen LogP contribution in [0.1, 0.15) is 24.7 Å². The topological polar surface area (TPSA) is 98.0 Å². The van der Waals surface area contributed by atoms with Crippen LogP contribution in [0, 0.1) is 18.6 Å². The van der Waals surface area contributed by atoms with Gasteiger partial charge in [-0.25, -0.2) is 8.78 Å². The normalized spacial score (nSPS) is 14.6. The number of benzene rings is 1. The van der Waals surface area contributed by atoms with Crippen LogP contribution in [0.3, 0.4) is 0 Å². The molecule has 11 heteroatoms. The third-order valence-corrected chi connectivity index (χ3v) is 6.02. The number of aromatic nitrogens is 5. The summed E-state index contributed by atoms with van der Waals surface area (Å²) < 4.78 is 35.7. The number of nitrogens with zero attached hydrogens (tertiary/aromatic N) is 5. The van der Waals surface area contributed by atoms with Crippen LogP contribution >= 0.6 is 0 Å². The van der Waals surface area contributed by atoms with Gasteiger partial charge in [-0.15, -0.1) is 0 Å². The molecular weight excluding hydrogens is 454 g/mol. The predicted octanol–water partition coefficient (Wildman–Crippen LogP) is 4.51. The summed E-state index contributed by atoms with van der Waals surface area (Å²) in [5, 5.41) is 10.6. The fourth-order valence-corrected chi connectivity index (χ4v) is 4.18. The Kier molecular flexibility index (Phi) is 6.25. The van der Waals surface area contributed by atoms with E-state index < -0.39 is 17.4 Å². The van der Waals surface area contributed by atoms with Crippen LogP contribution in [0.2, 0.25) is 0 Å². The smallest absolute Gasteiger partial charge is 0.233 e. The summed E-state index contributed by atoms with van der Waals surface area (Å²) in [5.74, 6) is -0.686. The summed E-state index contributed by atoms with van der Waals surface area (Å²) in [6, 6.07) is 6.33. The van der Waals surface area contributed by atoms with E-state index in [2.05, 4.69) is 54.2 Å². The number of hydrogen-bond acceptors (Lipinski definition) is 7. The molecule has 0 unspecified atom stereocenters. The number of nitrogens with one attached hydrogen (secondary N) is 3. The molecule has 5 rings (SSSR count). The van der Waals surface area contributed by atoms with Gasteiger partial charge in [-0.2, -0.15) is 15.1 Å². The molecule has 1 aromatic carbocycles. The van der Waals surface area contributed by atoms with Gasteiger partial charge in [0.25, 0.3) is 0 Å². The molecule has 0 atom stereocenters. The first-order valence-electron chi connectivity index (χ1n) is 11.7. The Bertz CT molecular complexity index is 1340. The molecule has 184 valence electrons. The Hall–Kier alpha value is -3.73. The van der Waals surface area contributed by atoms with Gasteiger partial charge in [0.2, 0.25) is 17.6 Å². The van der Waals surface area contributed by atoms with E-state index >= 15 is 4.39 Å². The standard InChI is InChI=1S/C24H28F2N8O/c1-4-5-15-11-19(32-31-15)28-24-29-20(34-8-6-33(3)7-9-34)13-21(30-24)35-23-17(25)12-18-16(22(23)26)10-14(2)27-18/h10-13,27H,4-9H2,1-3H3,(H2,28,29,30,31,32). The number of hydrogen-bond donors (Lipinski definition) is 3. The van der Waals surface area contributed by atoms with Crippen LogP contribution < -0.4 is 15.0 Å². The third-order valence-electron chi connectivity index (χ3n) is 6.02. The summed E-state index contributed by atoms with van der Waals surface area (Å²) in [7, 11) is 2.06. The average Bonchev–Trinajstić information content (AvgIpc) is 3.42. The lowest BCUT2D eigenvalue weighted by Crippen LogP contribution is -2.44. The van der Waals surface area contributed by atoms with E-state index in [-0.39, 0.29) is 17.2 Å². The van der Waals surface area contributed by atoms with E-state index in [9.17, 15) is 4.39 Å². The van der Waals surface area contributed by atoms with Crippen molar-refractivity contribution < 1.29 is 13.5 Å². The first kappa shape index (κ1) is 23.0. The molecule has 4 aromatic rings. The van der Waals surface area contributed by atoms with Gasteiger partial charge >= 0.3 is 0 Å². The summed E-state index contributed by atoms with van der Waals surface area (Å²) in [6.45, 7) is 7.12. The van der Waals surface area contributed by atoms with Gasteiger partial charge in [-0.1, -0.05) is 13.3 Å². The first-order chi connectivity index (χ1) is 16.9. The highest BCUT2D eigenvalue weighted by Gasteiger charge is 2.21. The highest BCUT2D eigenvalue weighted by atomic mass is 19.1. The van der Waals surface area contributed by atoms with E-state index in [1.165, 1.54) is 6.07 Å². The number of piperazine rings is 1. The van der Waals surface area contributed by atoms with Crippen LogP contribution in [-0.4, -0.2) is 63.3 Å². The van der Waals surface area contributed by atoms with E-state index in [0.29, 0.717) is 17.2 Å². The zero-order chi connectivity index (χ0) is 24.5. The molecule has 1 aliphatic heterocycles. The van der Waals surface area contributed by atoms with Gasteiger partial charge in [-0.05, 0) is 26.5 Å². The number of ether oxygens (including phenoxy) is 1. The average molecular weight is 483 g/mol. The van der Waals surface area contributed by atoms with Gasteiger partial charge in [0.05, 0.1) is 5.52 Å². The lowest BCUT2D eigenvalue weighted by Gasteiger charge is -2.33. The van der Waals surface area contributed by atoms with Crippen LogP contribution in [-0.2, 0) is 6.42 Å². The Morgan fingerprint density at radius 1 is 1.09 bits per heavy atom. The molecule has 4 heterocycles. The number of aromatic amines is 2. The zero-order valence-corrected chi connectivity index (χ0v) is 20.0. The highest BCUT2D eigenvalue weighted by Crippen LogP contribution is 2.34. The SMILES string of the molecule is CCCc1cc(Nc2nc(Oc3c(F)cc4[nH]c(C)cc4c3F)cc(N3CCN(C)CC3)n2)n[nH]1. The van der Waals surface area contributed by atoms with E-state index in [1.54, 1.807) is 19.1 Å². The van der Waals surface area contributed by atoms with Crippen molar-refractivity contribution in [1.29, 1.82) is 0 Å². The Balaban J connectivity index is 1.50. The Labute approximate surface area is 201 Å². The molecule has 0 saturated carbocycles. The minimum atomic E-state index is -0.817. The fraction of sp³-hybridized carbons (Fsp3) is 0.375. The van der Waals surface area contributed by atoms with Crippen molar-refractivity contribution in [3.05, 3.63) is 47.3 Å². The molecule has 0 spiro atoms. The molecule has 1 aliphatic rings. The van der Waals surface area contributed by atoms with Crippen LogP contribution in [0.5, 0.6) is 11.6 Å². The maximum absolute atomic E-state index is 15.2. The van der Waals surface area contributed by atoms with Crippen molar-refractivity contribution in [3.63, 3.8) is 0 Å². The summed E-state index contributed by atoms with van der Waals surface area (Å²) >= 11 is 0. The van der Waals surface area contributed by atoms with Crippen LogP contribution in [0.15, 0.2) is 24.3 Å². The predicted molar refractivity (Wildman–Crippen MR) is 131 cm³/mol. The molecule has 9 nitrogen and oxygen atoms in total. The van der Waals surface area contributed by atoms with E-state index in [0.717, 1.165) is 50.4 Å². The largest absolute Gasteiger partial charge is 0.433 e. The summed E-state index contributed by atoms with van der Waals surface area (Å²) in [6.07, 6.45) is 1.85. The Morgan fingerprint density at radius 3 is 2.66 bits per heavy atom. The number of anilines is 3. The maximum Gasteiger partial charge on any atom is 0.233 e. The fourth-order valence-electron chi connectivity index (χ4n) is 4.18. The zero-order valence-electron chi connectivity index (χ0n) is 20.0. The minimum absolute atomic E-state index is 0.0325. The van der Waals surface area contributed by atoms with E-state index in [1.807, 2.05) is 6.07 Å². The Morgan fingerprint density at radius 2 is 1.89 bits per heavy atom. The van der Waals surface area contributed by atoms with Crippen LogP contribution in [0.25, 0.3) is 10.9 Å². The van der Waals surface area contributed by atoms with Gasteiger partial charge in [0.15, 0.2) is 17.5 Å². The molecule has 1 fully saturated rings. The van der Waals surface area contributed by atoms with Crippen molar-refractivity contribution in [3.8, 4) is 11.6 Å². The van der Waals surface area contributed by atoms with Crippen molar-refractivity contribution in [2.24, 2.45) is 0 Å². The monoisotopic (exact) mass is 482 g/mol. The van der Waals surface area contributed by atoms with Gasteiger partial charge in [-0.3, -0.25) is 5.10 Å². The number of H-pyrrole nitrogens is 2. The summed E-state index contributed by atoms with van der Waals surface area (Å²) in [5.41, 5.74) is 2.08. The second-order valence-corrected chi connectivity index (χ2v) is 8.85. The minimum Gasteiger partial charge on any atom is -0.433 e. The molecule has 0 amide bonds. The molecule has 35 heavy (non-hydrogen) atoms. The second-order valence-electron chi connectivity index (χ2n) is 8.85.